The Bertz CT molecular complexity index is 581. The van der Waals surface area contributed by atoms with Crippen LogP contribution in [0.4, 0.5) is 0 Å². The van der Waals surface area contributed by atoms with Gasteiger partial charge in [-0.15, -0.1) is 0 Å². The monoisotopic (exact) mass is 290 g/mol. The third-order valence-corrected chi connectivity index (χ3v) is 4.07. The van der Waals surface area contributed by atoms with Gasteiger partial charge in [-0.1, -0.05) is 0 Å². The molecule has 0 saturated carbocycles. The first kappa shape index (κ1) is 13.2. The van der Waals surface area contributed by atoms with Gasteiger partial charge in [-0.3, -0.25) is 0 Å². The first-order chi connectivity index (χ1) is 8.41. The number of fused-ring (bicyclic) bond motifs is 1. The van der Waals surface area contributed by atoms with Gasteiger partial charge in [0.2, 0.25) is 0 Å². The molecule has 0 fully saturated rings. The number of methoxy groups -OCH3 is 1. The molecule has 0 aliphatic carbocycles. The Morgan fingerprint density at radius 1 is 1.50 bits per heavy atom. The van der Waals surface area contributed by atoms with Crippen molar-refractivity contribution in [2.24, 2.45) is 0 Å². The summed E-state index contributed by atoms with van der Waals surface area (Å²) in [6, 6.07) is 4.31. The van der Waals surface area contributed by atoms with Crippen LogP contribution in [0.3, 0.4) is 0 Å². The van der Waals surface area contributed by atoms with Crippen LogP contribution >= 0.6 is 10.7 Å². The maximum Gasteiger partial charge on any atom is 0.347 e. The Kier molecular flexibility index (Phi) is 3.49. The van der Waals surface area contributed by atoms with Crippen molar-refractivity contribution in [1.29, 1.82) is 0 Å². The van der Waals surface area contributed by atoms with Crippen molar-refractivity contribution in [2.75, 3.05) is 7.11 Å². The van der Waals surface area contributed by atoms with Crippen molar-refractivity contribution in [3.05, 3.63) is 23.8 Å². The molecule has 7 heteroatoms. The van der Waals surface area contributed by atoms with E-state index in [4.69, 9.17) is 15.4 Å². The summed E-state index contributed by atoms with van der Waals surface area (Å²) < 4.78 is 32.4. The molecule has 1 aromatic carbocycles. The van der Waals surface area contributed by atoms with Crippen LogP contribution < -0.4 is 4.74 Å². The highest BCUT2D eigenvalue weighted by atomic mass is 35.7. The summed E-state index contributed by atoms with van der Waals surface area (Å²) >= 11 is 0. The van der Waals surface area contributed by atoms with Gasteiger partial charge in [0.1, 0.15) is 5.75 Å². The molecule has 0 spiro atoms. The van der Waals surface area contributed by atoms with Gasteiger partial charge in [0.15, 0.2) is 6.10 Å². The minimum absolute atomic E-state index is 0.0306. The van der Waals surface area contributed by atoms with Crippen molar-refractivity contribution in [1.82, 2.24) is 0 Å². The number of benzene rings is 1. The van der Waals surface area contributed by atoms with E-state index in [1.54, 1.807) is 0 Å². The molecule has 98 valence electrons. The minimum atomic E-state index is -3.75. The molecule has 1 aliphatic rings. The van der Waals surface area contributed by atoms with E-state index in [0.29, 0.717) is 18.6 Å². The van der Waals surface area contributed by atoms with Gasteiger partial charge in [-0.2, -0.15) is 0 Å². The van der Waals surface area contributed by atoms with E-state index in [2.05, 4.69) is 4.74 Å². The number of hydrogen-bond acceptors (Lipinski definition) is 5. The number of ether oxygens (including phenoxy) is 2. The number of carbonyl (C=O) groups is 1. The zero-order valence-corrected chi connectivity index (χ0v) is 11.1. The molecule has 0 amide bonds. The Hall–Kier alpha value is -1.27. The largest absolute Gasteiger partial charge is 0.478 e. The number of aryl methyl sites for hydroxylation is 1. The quantitative estimate of drug-likeness (QED) is 0.609. The lowest BCUT2D eigenvalue weighted by Crippen LogP contribution is -2.32. The van der Waals surface area contributed by atoms with E-state index in [1.165, 1.54) is 25.3 Å². The predicted molar refractivity (Wildman–Crippen MR) is 64.2 cm³/mol. The first-order valence-electron chi connectivity index (χ1n) is 5.24. The fourth-order valence-electron chi connectivity index (χ4n) is 1.81. The maximum absolute atomic E-state index is 11.3. The molecule has 18 heavy (non-hydrogen) atoms. The molecule has 1 aromatic rings. The van der Waals surface area contributed by atoms with Gasteiger partial charge in [0.05, 0.1) is 12.0 Å². The topological polar surface area (TPSA) is 69.7 Å². The second-order valence-corrected chi connectivity index (χ2v) is 6.44. The highest BCUT2D eigenvalue weighted by molar-refractivity contribution is 8.13. The van der Waals surface area contributed by atoms with Crippen molar-refractivity contribution >= 4 is 25.7 Å². The third-order valence-electron chi connectivity index (χ3n) is 2.72. The molecule has 0 aromatic heterocycles. The van der Waals surface area contributed by atoms with E-state index >= 15 is 0 Å². The Morgan fingerprint density at radius 3 is 2.83 bits per heavy atom. The average Bonchev–Trinajstić information content (AvgIpc) is 2.35. The molecular formula is C11H11ClO5S. The van der Waals surface area contributed by atoms with E-state index in [-0.39, 0.29) is 4.90 Å². The summed E-state index contributed by atoms with van der Waals surface area (Å²) in [5, 5.41) is 0. The summed E-state index contributed by atoms with van der Waals surface area (Å²) in [6.07, 6.45) is 0.349. The van der Waals surface area contributed by atoms with Gasteiger partial charge in [0.25, 0.3) is 9.05 Å². The molecule has 1 unspecified atom stereocenters. The fraction of sp³-hybridized carbons (Fsp3) is 0.364. The molecule has 0 radical (unpaired) electrons. The number of rotatable bonds is 2. The zero-order valence-electron chi connectivity index (χ0n) is 9.55. The molecule has 0 saturated heterocycles. The van der Waals surface area contributed by atoms with Crippen LogP contribution in [0.15, 0.2) is 23.1 Å². The summed E-state index contributed by atoms with van der Waals surface area (Å²) in [5.74, 6) is 0.0513. The lowest BCUT2D eigenvalue weighted by molar-refractivity contribution is -0.149. The van der Waals surface area contributed by atoms with Crippen LogP contribution in [-0.2, 0) is 25.0 Å². The van der Waals surface area contributed by atoms with Gasteiger partial charge >= 0.3 is 5.97 Å². The van der Waals surface area contributed by atoms with Gasteiger partial charge in [0, 0.05) is 10.7 Å². The third kappa shape index (κ3) is 2.59. The van der Waals surface area contributed by atoms with Crippen LogP contribution in [0.2, 0.25) is 0 Å². The summed E-state index contributed by atoms with van der Waals surface area (Å²) in [4.78, 5) is 11.4. The number of hydrogen-bond donors (Lipinski definition) is 0. The first-order valence-corrected chi connectivity index (χ1v) is 7.55. The van der Waals surface area contributed by atoms with Gasteiger partial charge in [-0.05, 0) is 36.6 Å². The lowest BCUT2D eigenvalue weighted by Gasteiger charge is -2.24. The Morgan fingerprint density at radius 2 is 2.22 bits per heavy atom. The van der Waals surface area contributed by atoms with Crippen LogP contribution in [0.1, 0.15) is 12.0 Å². The summed E-state index contributed by atoms with van der Waals surface area (Å²) in [5.41, 5.74) is 0.719. The normalized spacial score (nSPS) is 18.7. The molecule has 2 rings (SSSR count). The zero-order chi connectivity index (χ0) is 13.3. The Labute approximate surface area is 109 Å². The highest BCUT2D eigenvalue weighted by Crippen LogP contribution is 2.31. The van der Waals surface area contributed by atoms with E-state index < -0.39 is 21.1 Å². The average molecular weight is 291 g/mol. The summed E-state index contributed by atoms with van der Waals surface area (Å²) in [6.45, 7) is 0. The smallest absolute Gasteiger partial charge is 0.347 e. The SMILES string of the molecule is COC(=O)C1CCc2cc(S(=O)(=O)Cl)ccc2O1. The van der Waals surface area contributed by atoms with Gasteiger partial charge in [-0.25, -0.2) is 13.2 Å². The number of esters is 1. The fourth-order valence-corrected chi connectivity index (χ4v) is 2.62. The molecule has 1 atom stereocenters. The van der Waals surface area contributed by atoms with Crippen LogP contribution in [0, 0.1) is 0 Å². The van der Waals surface area contributed by atoms with Crippen molar-refractivity contribution in [2.45, 2.75) is 23.8 Å². The number of carbonyl (C=O) groups excluding carboxylic acids is 1. The van der Waals surface area contributed by atoms with E-state index in [9.17, 15) is 13.2 Å². The van der Waals surface area contributed by atoms with Crippen molar-refractivity contribution in [3.63, 3.8) is 0 Å². The second kappa shape index (κ2) is 4.78. The molecule has 0 bridgehead atoms. The van der Waals surface area contributed by atoms with Crippen molar-refractivity contribution in [3.8, 4) is 5.75 Å². The minimum Gasteiger partial charge on any atom is -0.478 e. The van der Waals surface area contributed by atoms with Crippen LogP contribution in [-0.4, -0.2) is 27.6 Å². The molecule has 1 aliphatic heterocycles. The maximum atomic E-state index is 11.3. The van der Waals surface area contributed by atoms with E-state index in [0.717, 1.165) is 5.56 Å². The highest BCUT2D eigenvalue weighted by Gasteiger charge is 2.27. The standard InChI is InChI=1S/C11H11ClO5S/c1-16-11(13)10-4-2-7-6-8(18(12,14)15)3-5-9(7)17-10/h3,5-6,10H,2,4H2,1H3. The molecular weight excluding hydrogens is 280 g/mol. The summed E-state index contributed by atoms with van der Waals surface area (Å²) in [7, 11) is 2.81. The second-order valence-electron chi connectivity index (χ2n) is 3.88. The molecule has 5 nitrogen and oxygen atoms in total. The van der Waals surface area contributed by atoms with Crippen LogP contribution in [0.5, 0.6) is 5.75 Å². The van der Waals surface area contributed by atoms with Gasteiger partial charge < -0.3 is 9.47 Å². The van der Waals surface area contributed by atoms with E-state index in [1.807, 2.05) is 0 Å². The van der Waals surface area contributed by atoms with Crippen molar-refractivity contribution < 1.29 is 22.7 Å². The van der Waals surface area contributed by atoms with Crippen LogP contribution in [0.25, 0.3) is 0 Å². The predicted octanol–water partition coefficient (Wildman–Crippen LogP) is 1.48. The molecule has 0 N–H and O–H groups in total. The lowest BCUT2D eigenvalue weighted by atomic mass is 10.0. The molecule has 1 heterocycles. The number of halogens is 1. The Balaban J connectivity index is 2.29.